The average molecular weight is 223 g/mol. The normalized spacial score (nSPS) is 11.5. The molecule has 3 nitrogen and oxygen atoms in total. The van der Waals surface area contributed by atoms with Crippen molar-refractivity contribution >= 4 is 11.1 Å². The lowest BCUT2D eigenvalue weighted by Gasteiger charge is -2.04. The summed E-state index contributed by atoms with van der Waals surface area (Å²) < 4.78 is 18.7. The van der Waals surface area contributed by atoms with Crippen LogP contribution in [0.2, 0.25) is 0 Å². The Labute approximate surface area is 92.5 Å². The molecule has 1 heterocycles. The maximum Gasteiger partial charge on any atom is 0.420 e. The molecular weight excluding hydrogens is 209 g/mol. The fraction of sp³-hybridized carbons (Fsp3) is 0.417. The van der Waals surface area contributed by atoms with Crippen molar-refractivity contribution < 1.29 is 8.81 Å². The predicted octanol–water partition coefficient (Wildman–Crippen LogP) is 2.69. The van der Waals surface area contributed by atoms with Gasteiger partial charge in [0.15, 0.2) is 5.58 Å². The Morgan fingerprint density at radius 2 is 2.19 bits per heavy atom. The topological polar surface area (TPSA) is 35.1 Å². The summed E-state index contributed by atoms with van der Waals surface area (Å²) in [5.74, 6) is -0.118. The molecule has 16 heavy (non-hydrogen) atoms. The molecular formula is C12H14FNO2. The first-order chi connectivity index (χ1) is 7.63. The second-order valence-corrected chi connectivity index (χ2v) is 4.09. The van der Waals surface area contributed by atoms with E-state index in [0.717, 1.165) is 5.56 Å². The van der Waals surface area contributed by atoms with Crippen molar-refractivity contribution in [2.75, 3.05) is 6.67 Å². The maximum absolute atomic E-state index is 12.3. The van der Waals surface area contributed by atoms with Gasteiger partial charge >= 0.3 is 5.76 Å². The SMILES string of the molecule is CC(C)c1ccc2c(c1)oc(=O)n2CCF. The number of nitrogens with zero attached hydrogens (tertiary/aromatic N) is 1. The van der Waals surface area contributed by atoms with Crippen molar-refractivity contribution in [3.63, 3.8) is 0 Å². The van der Waals surface area contributed by atoms with E-state index in [1.165, 1.54) is 4.57 Å². The highest BCUT2D eigenvalue weighted by Crippen LogP contribution is 2.20. The van der Waals surface area contributed by atoms with Crippen LogP contribution in [0.15, 0.2) is 27.4 Å². The van der Waals surface area contributed by atoms with Gasteiger partial charge in [0.1, 0.15) is 6.67 Å². The first kappa shape index (κ1) is 10.9. The van der Waals surface area contributed by atoms with Gasteiger partial charge in [-0.05, 0) is 23.6 Å². The Hall–Kier alpha value is -1.58. The zero-order chi connectivity index (χ0) is 11.7. The minimum absolute atomic E-state index is 0.0485. The number of benzene rings is 1. The summed E-state index contributed by atoms with van der Waals surface area (Å²) in [7, 11) is 0. The summed E-state index contributed by atoms with van der Waals surface area (Å²) in [6.45, 7) is 3.61. The highest BCUT2D eigenvalue weighted by atomic mass is 19.1. The largest absolute Gasteiger partial charge is 0.420 e. The third kappa shape index (κ3) is 1.75. The smallest absolute Gasteiger partial charge is 0.408 e. The predicted molar refractivity (Wildman–Crippen MR) is 60.5 cm³/mol. The third-order valence-electron chi connectivity index (χ3n) is 2.67. The zero-order valence-electron chi connectivity index (χ0n) is 9.37. The molecule has 0 atom stereocenters. The summed E-state index contributed by atoms with van der Waals surface area (Å²) in [5.41, 5.74) is 2.30. The molecule has 0 aliphatic carbocycles. The molecule has 0 aliphatic rings. The molecule has 0 spiro atoms. The van der Waals surface area contributed by atoms with Crippen LogP contribution in [-0.2, 0) is 6.54 Å². The molecule has 0 aliphatic heterocycles. The number of aromatic nitrogens is 1. The van der Waals surface area contributed by atoms with E-state index in [2.05, 4.69) is 13.8 Å². The van der Waals surface area contributed by atoms with Gasteiger partial charge < -0.3 is 4.42 Å². The molecule has 2 rings (SSSR count). The van der Waals surface area contributed by atoms with Crippen LogP contribution in [0.5, 0.6) is 0 Å². The van der Waals surface area contributed by atoms with Gasteiger partial charge in [0.25, 0.3) is 0 Å². The van der Waals surface area contributed by atoms with Crippen molar-refractivity contribution in [2.24, 2.45) is 0 Å². The standard InChI is InChI=1S/C12H14FNO2/c1-8(2)9-3-4-10-11(7-9)16-12(15)14(10)6-5-13/h3-4,7-8H,5-6H2,1-2H3. The minimum atomic E-state index is -0.569. The summed E-state index contributed by atoms with van der Waals surface area (Å²) >= 11 is 0. The quantitative estimate of drug-likeness (QED) is 0.801. The van der Waals surface area contributed by atoms with Gasteiger partial charge in [-0.15, -0.1) is 0 Å². The molecule has 0 fully saturated rings. The Balaban J connectivity index is 2.60. The lowest BCUT2D eigenvalue weighted by molar-refractivity contribution is 0.422. The van der Waals surface area contributed by atoms with Crippen LogP contribution in [0.4, 0.5) is 4.39 Å². The first-order valence-electron chi connectivity index (χ1n) is 5.32. The lowest BCUT2D eigenvalue weighted by Crippen LogP contribution is -2.14. The fourth-order valence-electron chi connectivity index (χ4n) is 1.74. The molecule has 86 valence electrons. The van der Waals surface area contributed by atoms with Crippen LogP contribution in [0.25, 0.3) is 11.1 Å². The second kappa shape index (κ2) is 4.12. The molecule has 0 N–H and O–H groups in total. The number of halogens is 1. The first-order valence-corrected chi connectivity index (χ1v) is 5.32. The third-order valence-corrected chi connectivity index (χ3v) is 2.67. The van der Waals surface area contributed by atoms with Crippen molar-refractivity contribution in [2.45, 2.75) is 26.3 Å². The summed E-state index contributed by atoms with van der Waals surface area (Å²) in [6.07, 6.45) is 0. The van der Waals surface area contributed by atoms with Gasteiger partial charge in [0, 0.05) is 0 Å². The van der Waals surface area contributed by atoms with Crippen LogP contribution in [0, 0.1) is 0 Å². The van der Waals surface area contributed by atoms with Crippen LogP contribution in [0.1, 0.15) is 25.3 Å². The van der Waals surface area contributed by atoms with E-state index >= 15 is 0 Å². The number of oxazole rings is 1. The van der Waals surface area contributed by atoms with Crippen molar-refractivity contribution in [3.05, 3.63) is 34.3 Å². The van der Waals surface area contributed by atoms with Crippen LogP contribution >= 0.6 is 0 Å². The zero-order valence-corrected chi connectivity index (χ0v) is 9.37. The molecule has 1 aromatic heterocycles. The van der Waals surface area contributed by atoms with Crippen LogP contribution in [0.3, 0.4) is 0 Å². The van der Waals surface area contributed by atoms with Gasteiger partial charge in [0.05, 0.1) is 12.1 Å². The molecule has 4 heteroatoms. The number of alkyl halides is 1. The molecule has 0 bridgehead atoms. The van der Waals surface area contributed by atoms with Crippen molar-refractivity contribution in [3.8, 4) is 0 Å². The molecule has 1 aromatic carbocycles. The number of hydrogen-bond acceptors (Lipinski definition) is 2. The monoisotopic (exact) mass is 223 g/mol. The van der Waals surface area contributed by atoms with E-state index in [0.29, 0.717) is 17.0 Å². The molecule has 0 radical (unpaired) electrons. The van der Waals surface area contributed by atoms with E-state index in [1.807, 2.05) is 18.2 Å². The van der Waals surface area contributed by atoms with Crippen LogP contribution in [-0.4, -0.2) is 11.2 Å². The lowest BCUT2D eigenvalue weighted by atomic mass is 10.0. The van der Waals surface area contributed by atoms with E-state index in [-0.39, 0.29) is 6.54 Å². The molecule has 0 saturated carbocycles. The van der Waals surface area contributed by atoms with Crippen LogP contribution < -0.4 is 5.76 Å². The van der Waals surface area contributed by atoms with Gasteiger partial charge in [-0.25, -0.2) is 9.18 Å². The summed E-state index contributed by atoms with van der Waals surface area (Å²) in [6, 6.07) is 5.60. The molecule has 0 saturated heterocycles. The number of aryl methyl sites for hydroxylation is 1. The number of hydrogen-bond donors (Lipinski definition) is 0. The molecule has 0 amide bonds. The Morgan fingerprint density at radius 3 is 2.81 bits per heavy atom. The summed E-state index contributed by atoms with van der Waals surface area (Å²) in [4.78, 5) is 11.4. The number of rotatable bonds is 3. The van der Waals surface area contributed by atoms with Gasteiger partial charge in [0.2, 0.25) is 0 Å². The average Bonchev–Trinajstić information content (AvgIpc) is 2.55. The minimum Gasteiger partial charge on any atom is -0.408 e. The Morgan fingerprint density at radius 1 is 1.44 bits per heavy atom. The maximum atomic E-state index is 12.3. The highest BCUT2D eigenvalue weighted by molar-refractivity contribution is 5.73. The molecule has 0 unspecified atom stereocenters. The van der Waals surface area contributed by atoms with E-state index in [1.54, 1.807) is 0 Å². The Kier molecular flexibility index (Phi) is 2.81. The van der Waals surface area contributed by atoms with E-state index in [9.17, 15) is 9.18 Å². The Bertz CT molecular complexity index is 554. The van der Waals surface area contributed by atoms with Crippen molar-refractivity contribution in [1.82, 2.24) is 4.57 Å². The highest BCUT2D eigenvalue weighted by Gasteiger charge is 2.10. The van der Waals surface area contributed by atoms with Gasteiger partial charge in [-0.1, -0.05) is 19.9 Å². The summed E-state index contributed by atoms with van der Waals surface area (Å²) in [5, 5.41) is 0. The van der Waals surface area contributed by atoms with Gasteiger partial charge in [-0.2, -0.15) is 0 Å². The van der Waals surface area contributed by atoms with Gasteiger partial charge in [-0.3, -0.25) is 4.57 Å². The van der Waals surface area contributed by atoms with E-state index < -0.39 is 12.4 Å². The number of fused-ring (bicyclic) bond motifs is 1. The fourth-order valence-corrected chi connectivity index (χ4v) is 1.74. The van der Waals surface area contributed by atoms with E-state index in [4.69, 9.17) is 4.42 Å². The second-order valence-electron chi connectivity index (χ2n) is 4.09. The van der Waals surface area contributed by atoms with Crippen molar-refractivity contribution in [1.29, 1.82) is 0 Å². The molecule has 2 aromatic rings.